The summed E-state index contributed by atoms with van der Waals surface area (Å²) in [7, 11) is 3.90. The average Bonchev–Trinajstić information content (AvgIpc) is 2.89. The molecule has 2 aromatic carbocycles. The van der Waals surface area contributed by atoms with E-state index in [0.29, 0.717) is 25.8 Å². The van der Waals surface area contributed by atoms with Crippen LogP contribution in [-0.2, 0) is 16.0 Å². The van der Waals surface area contributed by atoms with Gasteiger partial charge in [-0.1, -0.05) is 55.7 Å². The Morgan fingerprint density at radius 2 is 1.76 bits per heavy atom. The van der Waals surface area contributed by atoms with Gasteiger partial charge in [-0.2, -0.15) is 0 Å². The van der Waals surface area contributed by atoms with Gasteiger partial charge in [-0.3, -0.25) is 4.79 Å². The van der Waals surface area contributed by atoms with Gasteiger partial charge in [-0.25, -0.2) is 0 Å². The minimum absolute atomic E-state index is 0.180. The smallest absolute Gasteiger partial charge is 0.226 e. The highest BCUT2D eigenvalue weighted by atomic mass is 16.5. The zero-order valence-corrected chi connectivity index (χ0v) is 20.9. The Hall–Kier alpha value is -2.37. The number of hydrogen-bond acceptors (Lipinski definition) is 4. The second-order valence-corrected chi connectivity index (χ2v) is 10.0. The molecule has 5 heteroatoms. The molecule has 2 aromatic rings. The Bertz CT molecular complexity index is 932. The average molecular weight is 465 g/mol. The predicted molar refractivity (Wildman–Crippen MR) is 137 cm³/mol. The van der Waals surface area contributed by atoms with Crippen molar-refractivity contribution >= 4 is 5.91 Å². The lowest BCUT2D eigenvalue weighted by Gasteiger charge is -2.36. The fourth-order valence-corrected chi connectivity index (χ4v) is 5.54. The van der Waals surface area contributed by atoms with E-state index in [-0.39, 0.29) is 5.91 Å². The maximum atomic E-state index is 13.5. The van der Waals surface area contributed by atoms with Crippen LogP contribution >= 0.6 is 0 Å². The van der Waals surface area contributed by atoms with E-state index in [1.165, 1.54) is 37.7 Å². The van der Waals surface area contributed by atoms with E-state index in [1.807, 2.05) is 12.1 Å². The van der Waals surface area contributed by atoms with Crippen LogP contribution in [0.4, 0.5) is 0 Å². The van der Waals surface area contributed by atoms with E-state index in [2.05, 4.69) is 53.7 Å². The van der Waals surface area contributed by atoms with Crippen LogP contribution < -0.4 is 10.1 Å². The third-order valence-corrected chi connectivity index (χ3v) is 7.75. The molecule has 1 aliphatic carbocycles. The fraction of sp³-hybridized carbons (Fsp3) is 0.552. The van der Waals surface area contributed by atoms with Crippen molar-refractivity contribution in [1.82, 2.24) is 10.2 Å². The van der Waals surface area contributed by atoms with E-state index in [0.717, 1.165) is 42.7 Å². The number of carbonyl (C=O) groups excluding carboxylic acids is 1. The molecule has 184 valence electrons. The molecular weight excluding hydrogens is 424 g/mol. The molecular formula is C29H40N2O3. The topological polar surface area (TPSA) is 50.8 Å². The number of hydrogen-bond donors (Lipinski definition) is 1. The summed E-state index contributed by atoms with van der Waals surface area (Å²) in [6, 6.07) is 17.4. The molecule has 1 aliphatic heterocycles. The van der Waals surface area contributed by atoms with Gasteiger partial charge in [0.25, 0.3) is 0 Å². The van der Waals surface area contributed by atoms with Crippen LogP contribution in [0.5, 0.6) is 5.75 Å². The first-order valence-electron chi connectivity index (χ1n) is 12.9. The molecule has 1 saturated heterocycles. The molecule has 0 aromatic heterocycles. The zero-order valence-electron chi connectivity index (χ0n) is 20.9. The van der Waals surface area contributed by atoms with Crippen molar-refractivity contribution in [3.05, 3.63) is 54.1 Å². The summed E-state index contributed by atoms with van der Waals surface area (Å²) in [5.74, 6) is 1.03. The van der Waals surface area contributed by atoms with E-state index < -0.39 is 5.41 Å². The first-order valence-corrected chi connectivity index (χ1v) is 12.9. The molecule has 0 bridgehead atoms. The predicted octanol–water partition coefficient (Wildman–Crippen LogP) is 5.08. The lowest BCUT2D eigenvalue weighted by atomic mass is 9.74. The van der Waals surface area contributed by atoms with Gasteiger partial charge < -0.3 is 19.7 Å². The molecule has 1 N–H and O–H groups in total. The first kappa shape index (κ1) is 24.7. The maximum Gasteiger partial charge on any atom is 0.226 e. The number of nitrogens with one attached hydrogen (secondary N) is 1. The Morgan fingerprint density at radius 3 is 2.50 bits per heavy atom. The SMILES string of the molecule is COc1cccc(-c2cccc(CC3(C(=O)NCCN(C)C4CCCCC4)CCOCC3)c2)c1. The number of carbonyl (C=O) groups is 1. The highest BCUT2D eigenvalue weighted by Crippen LogP contribution is 2.36. The van der Waals surface area contributed by atoms with Gasteiger partial charge in [0.1, 0.15) is 5.75 Å². The number of likely N-dealkylation sites (N-methyl/N-ethyl adjacent to an activating group) is 1. The molecule has 1 saturated carbocycles. The first-order chi connectivity index (χ1) is 16.6. The van der Waals surface area contributed by atoms with Crippen LogP contribution in [0.3, 0.4) is 0 Å². The lowest BCUT2D eigenvalue weighted by Crippen LogP contribution is -2.48. The quantitative estimate of drug-likeness (QED) is 0.562. The molecule has 4 rings (SSSR count). The van der Waals surface area contributed by atoms with Crippen molar-refractivity contribution in [2.24, 2.45) is 5.41 Å². The Kier molecular flexibility index (Phi) is 8.63. The second-order valence-electron chi connectivity index (χ2n) is 10.0. The molecule has 0 radical (unpaired) electrons. The fourth-order valence-electron chi connectivity index (χ4n) is 5.54. The molecule has 1 amide bonds. The van der Waals surface area contributed by atoms with Gasteiger partial charge in [-0.05, 0) is 68.0 Å². The van der Waals surface area contributed by atoms with Crippen molar-refractivity contribution in [1.29, 1.82) is 0 Å². The summed E-state index contributed by atoms with van der Waals surface area (Å²) in [5, 5.41) is 3.29. The van der Waals surface area contributed by atoms with E-state index in [9.17, 15) is 4.79 Å². The maximum absolute atomic E-state index is 13.5. The number of amides is 1. The third kappa shape index (κ3) is 6.19. The number of rotatable bonds is 9. The van der Waals surface area contributed by atoms with Gasteiger partial charge in [0.05, 0.1) is 12.5 Å². The molecule has 1 heterocycles. The normalized spacial score (nSPS) is 18.6. The van der Waals surface area contributed by atoms with Crippen LogP contribution in [0.25, 0.3) is 11.1 Å². The lowest BCUT2D eigenvalue weighted by molar-refractivity contribution is -0.136. The molecule has 0 unspecified atom stereocenters. The summed E-state index contributed by atoms with van der Waals surface area (Å²) < 4.78 is 11.0. The van der Waals surface area contributed by atoms with Crippen molar-refractivity contribution in [3.8, 4) is 16.9 Å². The standard InChI is InChI=1S/C29H40N2O3/c1-31(26-11-4-3-5-12-26)17-16-30-28(32)29(14-18-34-19-15-29)22-23-8-6-9-24(20-23)25-10-7-13-27(21-25)33-2/h6-10,13,20-21,26H,3-5,11-12,14-19,22H2,1-2H3,(H,30,32). The van der Waals surface area contributed by atoms with Gasteiger partial charge in [0.2, 0.25) is 5.91 Å². The van der Waals surface area contributed by atoms with Gasteiger partial charge in [-0.15, -0.1) is 0 Å². The summed E-state index contributed by atoms with van der Waals surface area (Å²) in [5.41, 5.74) is 3.05. The highest BCUT2D eigenvalue weighted by molar-refractivity contribution is 5.83. The number of nitrogens with zero attached hydrogens (tertiary/aromatic N) is 1. The molecule has 5 nitrogen and oxygen atoms in total. The van der Waals surface area contributed by atoms with Crippen molar-refractivity contribution in [2.45, 2.75) is 57.4 Å². The van der Waals surface area contributed by atoms with Crippen molar-refractivity contribution in [2.75, 3.05) is 40.5 Å². The number of ether oxygens (including phenoxy) is 2. The van der Waals surface area contributed by atoms with Crippen LogP contribution in [0, 0.1) is 5.41 Å². The Balaban J connectivity index is 1.42. The minimum atomic E-state index is -0.408. The second kappa shape index (κ2) is 11.9. The number of benzene rings is 2. The Morgan fingerprint density at radius 1 is 1.06 bits per heavy atom. The largest absolute Gasteiger partial charge is 0.497 e. The highest BCUT2D eigenvalue weighted by Gasteiger charge is 2.40. The molecule has 34 heavy (non-hydrogen) atoms. The Labute approximate surface area is 204 Å². The van der Waals surface area contributed by atoms with Crippen LogP contribution in [-0.4, -0.2) is 57.3 Å². The van der Waals surface area contributed by atoms with Crippen molar-refractivity contribution in [3.63, 3.8) is 0 Å². The molecule has 0 spiro atoms. The van der Waals surface area contributed by atoms with E-state index >= 15 is 0 Å². The van der Waals surface area contributed by atoms with Crippen LogP contribution in [0.1, 0.15) is 50.5 Å². The van der Waals surface area contributed by atoms with E-state index in [1.54, 1.807) is 7.11 Å². The van der Waals surface area contributed by atoms with Gasteiger partial charge in [0.15, 0.2) is 0 Å². The van der Waals surface area contributed by atoms with Crippen molar-refractivity contribution < 1.29 is 14.3 Å². The summed E-state index contributed by atoms with van der Waals surface area (Å²) in [6.45, 7) is 2.91. The van der Waals surface area contributed by atoms with E-state index in [4.69, 9.17) is 9.47 Å². The van der Waals surface area contributed by atoms with Crippen LogP contribution in [0.2, 0.25) is 0 Å². The van der Waals surface area contributed by atoms with Gasteiger partial charge >= 0.3 is 0 Å². The number of methoxy groups -OCH3 is 1. The monoisotopic (exact) mass is 464 g/mol. The zero-order chi connectivity index (χ0) is 23.8. The summed E-state index contributed by atoms with van der Waals surface area (Å²) >= 11 is 0. The van der Waals surface area contributed by atoms with Crippen LogP contribution in [0.15, 0.2) is 48.5 Å². The third-order valence-electron chi connectivity index (χ3n) is 7.75. The summed E-state index contributed by atoms with van der Waals surface area (Å²) in [6.07, 6.45) is 8.87. The van der Waals surface area contributed by atoms with Gasteiger partial charge in [0, 0.05) is 32.3 Å². The molecule has 2 aliphatic rings. The molecule has 2 fully saturated rings. The summed E-state index contributed by atoms with van der Waals surface area (Å²) in [4.78, 5) is 16.0. The molecule has 0 atom stereocenters. The minimum Gasteiger partial charge on any atom is -0.497 e.